The van der Waals surface area contributed by atoms with Gasteiger partial charge in [0, 0.05) is 73.4 Å². The van der Waals surface area contributed by atoms with Crippen LogP contribution in [-0.4, -0.2) is 202 Å². The topological polar surface area (TPSA) is 638 Å². The van der Waals surface area contributed by atoms with Gasteiger partial charge in [0.25, 0.3) is 0 Å². The molecule has 3 heterocycles. The van der Waals surface area contributed by atoms with Crippen molar-refractivity contribution in [3.63, 3.8) is 0 Å². The first kappa shape index (κ1) is 88.3. The van der Waals surface area contributed by atoms with E-state index in [0.717, 1.165) is 55.3 Å². The van der Waals surface area contributed by atoms with Crippen molar-refractivity contribution < 1.29 is 151 Å². The van der Waals surface area contributed by atoms with E-state index in [0.29, 0.717) is 42.4 Å². The molecule has 1 aliphatic heterocycles. The summed E-state index contributed by atoms with van der Waals surface area (Å²) in [6.45, 7) is -0.902. The Morgan fingerprint density at radius 3 is 1.85 bits per heavy atom. The van der Waals surface area contributed by atoms with Crippen LogP contribution < -0.4 is 43.4 Å². The third kappa shape index (κ3) is 26.3. The molecule has 0 saturated carbocycles. The number of aliphatic hydroxyl groups is 2. The van der Waals surface area contributed by atoms with Crippen molar-refractivity contribution in [1.82, 2.24) is 51.4 Å². The largest absolute Gasteiger partial charge is 0.481 e. The number of hydrogen-bond acceptors (Lipinski definition) is 26. The Kier molecular flexibility index (Phi) is 31.9. The number of benzene rings is 2. The van der Waals surface area contributed by atoms with Gasteiger partial charge in [-0.15, -0.1) is 0 Å². The first-order chi connectivity index (χ1) is 48.1. The summed E-state index contributed by atoms with van der Waals surface area (Å²) >= 11 is 4.46. The van der Waals surface area contributed by atoms with Gasteiger partial charge >= 0.3 is 50.0 Å². The predicted molar refractivity (Wildman–Crippen MR) is 354 cm³/mol. The number of carbonyl (C=O) groups excluding carboxylic acids is 8. The minimum Gasteiger partial charge on any atom is -0.386 e. The molecule has 51 heteroatoms. The Hall–Kier alpha value is -6.28. The number of halogens is 4. The molecule has 1 fully saturated rings. The number of aliphatic hydroxyl groups excluding tert-OH is 2. The van der Waals surface area contributed by atoms with Crippen molar-refractivity contribution in [2.45, 2.75) is 125 Å². The maximum atomic E-state index is 14.6. The van der Waals surface area contributed by atoms with E-state index in [4.69, 9.17) is 35.0 Å². The first-order valence-electron chi connectivity index (χ1n) is 30.3. The van der Waals surface area contributed by atoms with Crippen molar-refractivity contribution in [2.75, 3.05) is 50.1 Å². The molecule has 2 aromatic carbocycles. The van der Waals surface area contributed by atoms with Crippen LogP contribution in [0.5, 0.6) is 0 Å². The van der Waals surface area contributed by atoms with Crippen LogP contribution in [0, 0.1) is 5.41 Å². The van der Waals surface area contributed by atoms with Crippen molar-refractivity contribution in [2.24, 2.45) is 11.1 Å². The molecule has 10 unspecified atom stereocenters. The number of fused-ring (bicyclic) bond motifs is 1. The number of carbonyl (C=O) groups is 8. The number of phosphoric acid groups is 3. The van der Waals surface area contributed by atoms with E-state index in [9.17, 15) is 118 Å². The van der Waals surface area contributed by atoms with Gasteiger partial charge in [-0.05, 0) is 24.0 Å². The van der Waals surface area contributed by atoms with Crippen LogP contribution in [0.1, 0.15) is 80.9 Å². The molecular weight excluding hydrogens is 1550 g/mol. The quantitative estimate of drug-likeness (QED) is 0.0115. The van der Waals surface area contributed by atoms with Crippen LogP contribution in [0.2, 0.25) is 0 Å². The third-order valence-electron chi connectivity index (χ3n) is 14.8. The highest BCUT2D eigenvalue weighted by Crippen LogP contribution is 2.62. The number of rotatable bonds is 42. The average molecular weight is 1620 g/mol. The number of imidazole rings is 1. The van der Waals surface area contributed by atoms with E-state index in [-0.39, 0.29) is 72.0 Å². The van der Waals surface area contributed by atoms with Crippen molar-refractivity contribution in [3.05, 3.63) is 83.4 Å². The van der Waals surface area contributed by atoms with Crippen LogP contribution in [-0.2, 0) is 108 Å². The van der Waals surface area contributed by atoms with Gasteiger partial charge < -0.3 is 97.5 Å². The number of nitrogen functional groups attached to an aromatic ring is 1. The molecule has 0 bridgehead atoms. The third-order valence-corrected chi connectivity index (χ3v) is 21.1. The van der Waals surface area contributed by atoms with E-state index in [1.54, 1.807) is 0 Å². The van der Waals surface area contributed by atoms with Gasteiger partial charge in [0.15, 0.2) is 22.8 Å². The fourth-order valence-corrected chi connectivity index (χ4v) is 14.1. The van der Waals surface area contributed by atoms with Gasteiger partial charge in [-0.25, -0.2) is 28.6 Å². The van der Waals surface area contributed by atoms with Gasteiger partial charge in [0.05, 0.1) is 26.0 Å². The molecule has 0 aliphatic carbocycles. The maximum Gasteiger partial charge on any atom is 0.481 e. The molecule has 580 valence electrons. The molecule has 104 heavy (non-hydrogen) atoms. The van der Waals surface area contributed by atoms with Crippen LogP contribution in [0.25, 0.3) is 11.2 Å². The van der Waals surface area contributed by atoms with Gasteiger partial charge in [0.2, 0.25) is 41.4 Å². The van der Waals surface area contributed by atoms with Crippen LogP contribution in [0.3, 0.4) is 0 Å². The minimum absolute atomic E-state index is 0.0149. The number of nitrogens with two attached hydrogens (primary N) is 2. The molecule has 1 saturated heterocycles. The highest BCUT2D eigenvalue weighted by atomic mass is 32.2. The fourth-order valence-electron chi connectivity index (χ4n) is 9.27. The average Bonchev–Trinajstić information content (AvgIpc) is 1.53. The van der Waals surface area contributed by atoms with E-state index < -0.39 is 207 Å². The summed E-state index contributed by atoms with van der Waals surface area (Å²) in [6.07, 6.45) is -9.38. The molecule has 1 aliphatic rings. The summed E-state index contributed by atoms with van der Waals surface area (Å²) in [5.41, 5.74) is -2.40. The van der Waals surface area contributed by atoms with E-state index >= 15 is 0 Å². The van der Waals surface area contributed by atoms with E-state index in [1.165, 1.54) is 0 Å². The molecule has 5 rings (SSSR count). The maximum absolute atomic E-state index is 14.6. The lowest BCUT2D eigenvalue weighted by atomic mass is 9.87. The van der Waals surface area contributed by atoms with Crippen molar-refractivity contribution >= 4 is 126 Å². The van der Waals surface area contributed by atoms with Gasteiger partial charge in [-0.2, -0.15) is 34.5 Å². The Bertz CT molecular complexity index is 3980. The lowest BCUT2D eigenvalue weighted by Crippen LogP contribution is -2.55. The highest BCUT2D eigenvalue weighted by molar-refractivity contribution is 8.13. The number of nitrogens with one attached hydrogen (secondary N) is 6. The first-order valence-corrected chi connectivity index (χ1v) is 39.6. The molecule has 0 spiro atoms. The highest BCUT2D eigenvalue weighted by Gasteiger charge is 2.53. The Morgan fingerprint density at radius 1 is 0.692 bits per heavy atom. The van der Waals surface area contributed by atoms with Crippen LogP contribution in [0.4, 0.5) is 23.4 Å². The number of ether oxygens (including phenoxy) is 1. The zero-order valence-corrected chi connectivity index (χ0v) is 60.5. The Morgan fingerprint density at radius 2 is 1.27 bits per heavy atom. The number of anilines is 1. The number of nitrogens with zero attached hydrogens (tertiary/aromatic N) is 4. The fraction of sp³-hybridized carbons (Fsp3) is 0.528. The molecular formula is C53H75F4N12O28P5S2. The zero-order chi connectivity index (χ0) is 78.1. The SMILES string of the molecule is CC(C)(COP(=O)(O)OP(=O)(O)OCC1OC(n2cnc3c(N)ncnc32)C(O)C1OP(=O)(O)O)C(O)C(=O)NCCC(=O)NCCSC(=O)CC(NC(=O)Cc1ccc(C(F)(F)P(=O)(O)O)cc1)C(=O)NC(Cc1ccc(C(F)(F)P(=O)(O)O)cc1)C(=O)NCCCCCC(=O)NC(CS)C(N)=O. The lowest BCUT2D eigenvalue weighted by Gasteiger charge is -2.30. The number of aromatic nitrogens is 4. The number of amides is 7. The molecule has 40 nitrogen and oxygen atoms in total. The number of thiol groups is 1. The molecule has 0 radical (unpaired) electrons. The number of primary amides is 1. The molecule has 4 aromatic rings. The van der Waals surface area contributed by atoms with E-state index in [1.807, 2.05) is 0 Å². The Balaban J connectivity index is 1.17. The van der Waals surface area contributed by atoms with Gasteiger partial charge in [0.1, 0.15) is 54.4 Å². The summed E-state index contributed by atoms with van der Waals surface area (Å²) in [6, 6.07) is 1.68. The smallest absolute Gasteiger partial charge is 0.386 e. The summed E-state index contributed by atoms with van der Waals surface area (Å²) in [5, 5.41) is 35.3. The summed E-state index contributed by atoms with van der Waals surface area (Å²) in [7, 11) is -28.9. The zero-order valence-electron chi connectivity index (χ0n) is 54.4. The summed E-state index contributed by atoms with van der Waals surface area (Å²) < 4.78 is 144. The number of phosphoric ester groups is 3. The molecule has 20 N–H and O–H groups in total. The molecule has 10 atom stereocenters. The summed E-state index contributed by atoms with van der Waals surface area (Å²) in [5.74, 6) is -6.93. The van der Waals surface area contributed by atoms with Gasteiger partial charge in [-0.3, -0.25) is 65.6 Å². The van der Waals surface area contributed by atoms with Crippen molar-refractivity contribution in [1.29, 1.82) is 0 Å². The van der Waals surface area contributed by atoms with Crippen molar-refractivity contribution in [3.8, 4) is 0 Å². The predicted octanol–water partition coefficient (Wildman–Crippen LogP) is -0.460. The second-order valence-electron chi connectivity index (χ2n) is 23.4. The second-order valence-corrected chi connectivity index (χ2v) is 32.5. The molecule has 2 aromatic heterocycles. The second kappa shape index (κ2) is 37.5. The standard InChI is InChI=1S/C53H75F4N12O28P5S2/c1-51(2,25-94-102(91,92)97-101(89,90)93-23-35-42(96-100(86,87)88)41(74)50(95-35)69-27-65-40-44(58)63-26-64-46(40)69)43(75)49(79)62-17-15-36(70)60-18-19-104-39(73)22-33(66-38(72)21-29-9-13-31(14-10-29)53(56,57)99(83,84)85)48(78)68-32(20-28-7-11-30(12-8-28)52(54,55)98(80,81)82)47(77)61-16-5-3-4-6-37(71)67-34(24-103)45(59)76/h7-14,26-27,32-35,41-43,50,74-75,103H,3-6,15-25H2,1-2H3,(H2,59,76)(H,60,70)(H,61,77)(H,62,79)(H,66,72)(H,67,71)(H,68,78)(H,89,90)(H,91,92)(H2,58,63,64)(H2,80,81,82)(H2,83,84,85)(H2,86,87,88). The minimum atomic E-state index is -6.04. The van der Waals surface area contributed by atoms with Crippen LogP contribution >= 0.6 is 63.1 Å². The number of unbranched alkanes of at least 4 members (excludes halogenated alkanes) is 2. The Labute approximate surface area is 596 Å². The normalized spacial score (nSPS) is 18.4. The van der Waals surface area contributed by atoms with Gasteiger partial charge in [-0.1, -0.05) is 80.6 Å². The van der Waals surface area contributed by atoms with Crippen LogP contribution in [0.15, 0.2) is 61.2 Å². The lowest BCUT2D eigenvalue weighted by molar-refractivity contribution is -0.137. The number of alkyl halides is 4. The van der Waals surface area contributed by atoms with E-state index in [2.05, 4.69) is 68.3 Å². The number of hydrogen-bond donors (Lipinski definition) is 19. The molecule has 7 amide bonds. The monoisotopic (exact) mass is 1620 g/mol. The number of thioether (sulfide) groups is 1. The summed E-state index contributed by atoms with van der Waals surface area (Å²) in [4.78, 5) is 193.